The first-order valence-electron chi connectivity index (χ1n) is 13.0. The average Bonchev–Trinajstić information content (AvgIpc) is 3.13. The molecule has 3 aromatic rings. The Kier molecular flexibility index (Phi) is 7.56. The van der Waals surface area contributed by atoms with Crippen molar-refractivity contribution in [2.75, 3.05) is 10.6 Å². The van der Waals surface area contributed by atoms with Crippen molar-refractivity contribution in [3.8, 4) is 0 Å². The van der Waals surface area contributed by atoms with Crippen molar-refractivity contribution < 1.29 is 19.5 Å². The summed E-state index contributed by atoms with van der Waals surface area (Å²) >= 11 is 0. The van der Waals surface area contributed by atoms with Crippen LogP contribution in [-0.2, 0) is 20.9 Å². The van der Waals surface area contributed by atoms with E-state index >= 15 is 0 Å². The summed E-state index contributed by atoms with van der Waals surface area (Å²) in [5.74, 6) is -4.54. The molecular weight excluding hydrogens is 480 g/mol. The van der Waals surface area contributed by atoms with Crippen LogP contribution in [0.15, 0.2) is 48.5 Å². The third-order valence-corrected chi connectivity index (χ3v) is 7.71. The van der Waals surface area contributed by atoms with Gasteiger partial charge in [-0.05, 0) is 64.8 Å². The smallest absolute Gasteiger partial charge is 0.235 e. The van der Waals surface area contributed by atoms with Gasteiger partial charge in [-0.15, -0.1) is 0 Å². The van der Waals surface area contributed by atoms with E-state index in [2.05, 4.69) is 15.7 Å². The Hall–Kier alpha value is -3.78. The highest BCUT2D eigenvalue weighted by atomic mass is 16.3. The zero-order valence-electron chi connectivity index (χ0n) is 22.8. The third-order valence-electron chi connectivity index (χ3n) is 7.71. The summed E-state index contributed by atoms with van der Waals surface area (Å²) in [6.45, 7) is 11.5. The number of anilines is 2. The van der Waals surface area contributed by atoms with E-state index < -0.39 is 41.0 Å². The summed E-state index contributed by atoms with van der Waals surface area (Å²) in [5.41, 5.74) is 3.29. The minimum absolute atomic E-state index is 0.318. The van der Waals surface area contributed by atoms with Gasteiger partial charge in [0.2, 0.25) is 11.8 Å². The molecule has 1 aliphatic rings. The van der Waals surface area contributed by atoms with Gasteiger partial charge in [-0.2, -0.15) is 5.10 Å². The fourth-order valence-corrected chi connectivity index (χ4v) is 5.79. The molecule has 1 saturated carbocycles. The molecule has 0 radical (unpaired) electrons. The molecule has 4 atom stereocenters. The molecular formula is C30H36N4O4. The summed E-state index contributed by atoms with van der Waals surface area (Å²) in [6, 6.07) is 14.7. The molecule has 1 aromatic heterocycles. The van der Waals surface area contributed by atoms with Gasteiger partial charge in [0.05, 0.1) is 17.2 Å². The van der Waals surface area contributed by atoms with Gasteiger partial charge in [0, 0.05) is 41.5 Å². The van der Waals surface area contributed by atoms with Crippen molar-refractivity contribution in [1.29, 1.82) is 0 Å². The van der Waals surface area contributed by atoms with Gasteiger partial charge >= 0.3 is 0 Å². The first kappa shape index (κ1) is 27.3. The lowest BCUT2D eigenvalue weighted by molar-refractivity contribution is -0.150. The number of aromatic nitrogens is 2. The van der Waals surface area contributed by atoms with Crippen LogP contribution in [0.4, 0.5) is 11.4 Å². The number of Topliss-reactive ketones (excluding diaryl/α,β-unsaturated/α-hetero) is 1. The molecule has 0 aliphatic heterocycles. The average molecular weight is 517 g/mol. The van der Waals surface area contributed by atoms with Crippen LogP contribution in [-0.4, -0.2) is 38.1 Å². The van der Waals surface area contributed by atoms with Crippen molar-refractivity contribution in [1.82, 2.24) is 9.78 Å². The van der Waals surface area contributed by atoms with E-state index in [4.69, 9.17) is 0 Å². The van der Waals surface area contributed by atoms with Crippen LogP contribution >= 0.6 is 0 Å². The van der Waals surface area contributed by atoms with E-state index in [0.717, 1.165) is 16.8 Å². The number of ketones is 1. The summed E-state index contributed by atoms with van der Waals surface area (Å²) in [6.07, 6.45) is -0.318. The molecule has 2 aromatic carbocycles. The Morgan fingerprint density at radius 1 is 0.974 bits per heavy atom. The molecule has 0 spiro atoms. The van der Waals surface area contributed by atoms with Crippen LogP contribution in [0.1, 0.15) is 54.3 Å². The molecule has 2 amide bonds. The molecule has 0 unspecified atom stereocenters. The van der Waals surface area contributed by atoms with Gasteiger partial charge in [-0.25, -0.2) is 0 Å². The molecule has 4 rings (SSSR count). The Bertz CT molecular complexity index is 1390. The van der Waals surface area contributed by atoms with Gasteiger partial charge in [0.15, 0.2) is 0 Å². The van der Waals surface area contributed by atoms with Gasteiger partial charge in [0.1, 0.15) is 11.7 Å². The van der Waals surface area contributed by atoms with Crippen molar-refractivity contribution in [2.24, 2.45) is 11.8 Å². The molecule has 1 fully saturated rings. The second kappa shape index (κ2) is 10.5. The molecule has 200 valence electrons. The van der Waals surface area contributed by atoms with Gasteiger partial charge in [-0.3, -0.25) is 19.1 Å². The van der Waals surface area contributed by atoms with Crippen LogP contribution in [0.2, 0.25) is 0 Å². The van der Waals surface area contributed by atoms with Gasteiger partial charge < -0.3 is 15.7 Å². The molecule has 0 bridgehead atoms. The van der Waals surface area contributed by atoms with E-state index in [1.807, 2.05) is 71.0 Å². The van der Waals surface area contributed by atoms with E-state index in [1.54, 1.807) is 16.8 Å². The van der Waals surface area contributed by atoms with E-state index in [-0.39, 0.29) is 6.42 Å². The maximum absolute atomic E-state index is 14.0. The Morgan fingerprint density at radius 3 is 2.00 bits per heavy atom. The summed E-state index contributed by atoms with van der Waals surface area (Å²) < 4.78 is 1.80. The highest BCUT2D eigenvalue weighted by Gasteiger charge is 2.57. The molecule has 8 heteroatoms. The standard InChI is InChI=1S/C30H36N4O4/c1-7-34-20(5)24(19(4)33-34)26-25(28(36)31-21-14-10-8-12-17(21)2)23(35)16-30(6,38)27(26)29(37)32-22-15-11-9-13-18(22)3/h8-15,25-27,38H,7,16H2,1-6H3,(H,31,36)(H,32,37)/t25-,26+,27+,30-/m1/s1. The maximum atomic E-state index is 14.0. The number of amides is 2. The number of nitrogens with zero attached hydrogens (tertiary/aromatic N) is 2. The van der Waals surface area contributed by atoms with E-state index in [1.165, 1.54) is 6.92 Å². The minimum atomic E-state index is -1.68. The van der Waals surface area contributed by atoms with Gasteiger partial charge in [0.25, 0.3) is 0 Å². The van der Waals surface area contributed by atoms with Crippen LogP contribution in [0, 0.1) is 39.5 Å². The maximum Gasteiger partial charge on any atom is 0.235 e. The predicted molar refractivity (Wildman–Crippen MR) is 147 cm³/mol. The quantitative estimate of drug-likeness (QED) is 0.419. The predicted octanol–water partition coefficient (Wildman–Crippen LogP) is 4.45. The number of para-hydroxylation sites is 2. The summed E-state index contributed by atoms with van der Waals surface area (Å²) in [5, 5.41) is 22.1. The van der Waals surface area contributed by atoms with Gasteiger partial charge in [-0.1, -0.05) is 36.4 Å². The number of rotatable bonds is 6. The van der Waals surface area contributed by atoms with Crippen LogP contribution in [0.3, 0.4) is 0 Å². The number of carbonyl (C=O) groups excluding carboxylic acids is 3. The van der Waals surface area contributed by atoms with Crippen LogP contribution in [0.5, 0.6) is 0 Å². The van der Waals surface area contributed by atoms with Crippen molar-refractivity contribution in [3.63, 3.8) is 0 Å². The molecule has 38 heavy (non-hydrogen) atoms. The van der Waals surface area contributed by atoms with E-state index in [0.29, 0.717) is 29.2 Å². The number of carbonyl (C=O) groups is 3. The lowest BCUT2D eigenvalue weighted by atomic mass is 9.60. The number of hydrogen-bond acceptors (Lipinski definition) is 5. The highest BCUT2D eigenvalue weighted by Crippen LogP contribution is 2.48. The van der Waals surface area contributed by atoms with Crippen LogP contribution < -0.4 is 10.6 Å². The highest BCUT2D eigenvalue weighted by molar-refractivity contribution is 6.10. The zero-order chi connectivity index (χ0) is 27.8. The van der Waals surface area contributed by atoms with E-state index in [9.17, 15) is 19.5 Å². The lowest BCUT2D eigenvalue weighted by Gasteiger charge is -2.44. The first-order valence-corrected chi connectivity index (χ1v) is 13.0. The normalized spacial score (nSPS) is 23.2. The number of aryl methyl sites for hydroxylation is 4. The largest absolute Gasteiger partial charge is 0.389 e. The SMILES string of the molecule is CCn1nc(C)c([C@H]2[C@H](C(=O)Nc3ccccc3C)C(=O)C[C@@](C)(O)[C@@H]2C(=O)Nc2ccccc2C)c1C. The topological polar surface area (TPSA) is 113 Å². The zero-order valence-corrected chi connectivity index (χ0v) is 22.8. The number of hydrogen-bond donors (Lipinski definition) is 3. The second-order valence-corrected chi connectivity index (χ2v) is 10.5. The molecule has 0 saturated heterocycles. The van der Waals surface area contributed by atoms with Crippen molar-refractivity contribution in [2.45, 2.75) is 66.0 Å². The monoisotopic (exact) mass is 516 g/mol. The fraction of sp³-hybridized carbons (Fsp3) is 0.400. The molecule has 3 N–H and O–H groups in total. The second-order valence-electron chi connectivity index (χ2n) is 10.5. The first-order chi connectivity index (χ1) is 18.0. The number of nitrogens with one attached hydrogen (secondary N) is 2. The van der Waals surface area contributed by atoms with Crippen molar-refractivity contribution >= 4 is 29.0 Å². The lowest BCUT2D eigenvalue weighted by Crippen LogP contribution is -2.56. The Balaban J connectivity index is 1.85. The number of benzene rings is 2. The molecule has 8 nitrogen and oxygen atoms in total. The number of aliphatic hydroxyl groups is 1. The Morgan fingerprint density at radius 2 is 1.50 bits per heavy atom. The fourth-order valence-electron chi connectivity index (χ4n) is 5.79. The Labute approximate surface area is 223 Å². The van der Waals surface area contributed by atoms with Crippen LogP contribution in [0.25, 0.3) is 0 Å². The summed E-state index contributed by atoms with van der Waals surface area (Å²) in [4.78, 5) is 41.4. The third kappa shape index (κ3) is 5.00. The minimum Gasteiger partial charge on any atom is -0.389 e. The molecule has 1 heterocycles. The molecule has 1 aliphatic carbocycles. The van der Waals surface area contributed by atoms with Crippen molar-refractivity contribution in [3.05, 3.63) is 76.6 Å². The summed E-state index contributed by atoms with van der Waals surface area (Å²) in [7, 11) is 0.